The lowest BCUT2D eigenvalue weighted by atomic mass is 9.55. The van der Waals surface area contributed by atoms with Crippen molar-refractivity contribution in [1.29, 1.82) is 0 Å². The number of anilines is 1. The number of ether oxygens (including phenoxy) is 1. The van der Waals surface area contributed by atoms with E-state index in [2.05, 4.69) is 28.1 Å². The van der Waals surface area contributed by atoms with Crippen LogP contribution in [0.5, 0.6) is 0 Å². The standard InChI is InChI=1S/C28H22BrNO4/c1-15(2)34-27(33)16-8-7-9-17(14-16)30-25(31)23-22-18-10-3-5-12-20(18)28(29,24(23)26(30)32)21-13-6-4-11-19(21)22/h3-15,22-24H,1-2H3/t22?,23-,24-,28?/m0/s1. The van der Waals surface area contributed by atoms with Crippen molar-refractivity contribution >= 4 is 39.4 Å². The van der Waals surface area contributed by atoms with Crippen LogP contribution in [0.15, 0.2) is 72.8 Å². The van der Waals surface area contributed by atoms with Crippen molar-refractivity contribution in [1.82, 2.24) is 0 Å². The van der Waals surface area contributed by atoms with Crippen LogP contribution in [0.25, 0.3) is 0 Å². The summed E-state index contributed by atoms with van der Waals surface area (Å²) in [5.41, 5.74) is 4.94. The molecule has 0 radical (unpaired) electrons. The molecule has 0 spiro atoms. The molecule has 1 fully saturated rings. The summed E-state index contributed by atoms with van der Waals surface area (Å²) in [4.78, 5) is 41.7. The number of carbonyl (C=O) groups is 3. The molecular formula is C28H22BrNO4. The van der Waals surface area contributed by atoms with Gasteiger partial charge >= 0.3 is 5.97 Å². The highest BCUT2D eigenvalue weighted by Gasteiger charge is 2.67. The molecular weight excluding hydrogens is 494 g/mol. The molecule has 2 amide bonds. The van der Waals surface area contributed by atoms with Crippen LogP contribution in [0, 0.1) is 11.8 Å². The minimum Gasteiger partial charge on any atom is -0.459 e. The molecule has 0 unspecified atom stereocenters. The summed E-state index contributed by atoms with van der Waals surface area (Å²) in [5.74, 6) is -2.28. The van der Waals surface area contributed by atoms with Gasteiger partial charge in [-0.3, -0.25) is 9.59 Å². The van der Waals surface area contributed by atoms with Crippen LogP contribution in [0.1, 0.15) is 52.4 Å². The van der Waals surface area contributed by atoms with Gasteiger partial charge in [0, 0.05) is 5.92 Å². The third-order valence-electron chi connectivity index (χ3n) is 7.20. The van der Waals surface area contributed by atoms with E-state index in [-0.39, 0.29) is 23.8 Å². The van der Waals surface area contributed by atoms with Crippen LogP contribution in [0.2, 0.25) is 0 Å². The van der Waals surface area contributed by atoms with Crippen LogP contribution in [-0.4, -0.2) is 23.9 Å². The van der Waals surface area contributed by atoms with Crippen molar-refractivity contribution in [2.45, 2.75) is 30.2 Å². The normalized spacial score (nSPS) is 26.4. The van der Waals surface area contributed by atoms with Gasteiger partial charge in [0.25, 0.3) is 0 Å². The highest BCUT2D eigenvalue weighted by Crippen LogP contribution is 2.66. The molecule has 4 aliphatic rings. The fourth-order valence-corrected chi connectivity index (χ4v) is 7.19. The largest absolute Gasteiger partial charge is 0.459 e. The van der Waals surface area contributed by atoms with Gasteiger partial charge in [-0.15, -0.1) is 0 Å². The Balaban J connectivity index is 1.49. The Hall–Kier alpha value is -3.25. The third-order valence-corrected chi connectivity index (χ3v) is 8.54. The minimum absolute atomic E-state index is 0.202. The quantitative estimate of drug-likeness (QED) is 0.274. The number of alkyl halides is 1. The molecule has 5 nitrogen and oxygen atoms in total. The molecule has 34 heavy (non-hydrogen) atoms. The molecule has 3 aliphatic carbocycles. The Morgan fingerprint density at radius 2 is 1.53 bits per heavy atom. The number of amides is 2. The first kappa shape index (κ1) is 21.3. The fourth-order valence-electron chi connectivity index (χ4n) is 5.99. The van der Waals surface area contributed by atoms with Crippen molar-refractivity contribution in [3.05, 3.63) is 101 Å². The Labute approximate surface area is 205 Å². The van der Waals surface area contributed by atoms with E-state index in [1.165, 1.54) is 4.90 Å². The average Bonchev–Trinajstić information content (AvgIpc) is 3.10. The Bertz CT molecular complexity index is 1330. The van der Waals surface area contributed by atoms with Crippen LogP contribution in [-0.2, 0) is 18.7 Å². The predicted octanol–water partition coefficient (Wildman–Crippen LogP) is 5.16. The van der Waals surface area contributed by atoms with Gasteiger partial charge in [0.15, 0.2) is 0 Å². The molecule has 3 aromatic carbocycles. The highest BCUT2D eigenvalue weighted by molar-refractivity contribution is 9.09. The van der Waals surface area contributed by atoms with Gasteiger partial charge in [0.1, 0.15) is 0 Å². The topological polar surface area (TPSA) is 63.7 Å². The first-order chi connectivity index (χ1) is 16.3. The number of imide groups is 1. The van der Waals surface area contributed by atoms with Crippen molar-refractivity contribution in [2.75, 3.05) is 4.90 Å². The first-order valence-electron chi connectivity index (χ1n) is 11.4. The lowest BCUT2D eigenvalue weighted by Crippen LogP contribution is -2.50. The smallest absolute Gasteiger partial charge is 0.338 e. The summed E-state index contributed by atoms with van der Waals surface area (Å²) in [7, 11) is 0. The number of halogens is 1. The van der Waals surface area contributed by atoms with E-state index in [4.69, 9.17) is 4.74 Å². The Morgan fingerprint density at radius 3 is 2.15 bits per heavy atom. The van der Waals surface area contributed by atoms with Crippen LogP contribution in [0.3, 0.4) is 0 Å². The molecule has 2 bridgehead atoms. The maximum atomic E-state index is 14.0. The summed E-state index contributed by atoms with van der Waals surface area (Å²) in [5, 5.41) is 0. The maximum absolute atomic E-state index is 14.0. The van der Waals surface area contributed by atoms with Crippen molar-refractivity contribution in [3.63, 3.8) is 0 Å². The Kier molecular flexibility index (Phi) is 4.62. The SMILES string of the molecule is CC(C)OC(=O)c1cccc(N2C(=O)[C@@H]3[C@@H](C2=O)C2c4ccccc4C3(Br)c3ccccc32)c1. The van der Waals surface area contributed by atoms with E-state index in [1.54, 1.807) is 38.1 Å². The highest BCUT2D eigenvalue weighted by atomic mass is 79.9. The monoisotopic (exact) mass is 515 g/mol. The Morgan fingerprint density at radius 1 is 0.912 bits per heavy atom. The van der Waals surface area contributed by atoms with Crippen molar-refractivity contribution in [3.8, 4) is 0 Å². The van der Waals surface area contributed by atoms with E-state index in [1.807, 2.05) is 36.4 Å². The molecule has 1 saturated heterocycles. The van der Waals surface area contributed by atoms with E-state index >= 15 is 0 Å². The summed E-state index contributed by atoms with van der Waals surface area (Å²) in [6.45, 7) is 3.56. The number of benzene rings is 3. The molecule has 1 heterocycles. The molecule has 3 aromatic rings. The molecule has 0 N–H and O–H groups in total. The third kappa shape index (κ3) is 2.69. The average molecular weight is 516 g/mol. The van der Waals surface area contributed by atoms with Crippen molar-refractivity contribution in [2.24, 2.45) is 11.8 Å². The maximum Gasteiger partial charge on any atom is 0.338 e. The molecule has 2 atom stereocenters. The lowest BCUT2D eigenvalue weighted by molar-refractivity contribution is -0.122. The molecule has 0 aromatic heterocycles. The zero-order chi connectivity index (χ0) is 23.8. The number of carbonyl (C=O) groups excluding carboxylic acids is 3. The van der Waals surface area contributed by atoms with Gasteiger partial charge in [-0.2, -0.15) is 0 Å². The summed E-state index contributed by atoms with van der Waals surface area (Å²) < 4.78 is 4.52. The summed E-state index contributed by atoms with van der Waals surface area (Å²) in [6.07, 6.45) is -0.269. The van der Waals surface area contributed by atoms with E-state index in [0.29, 0.717) is 11.3 Å². The predicted molar refractivity (Wildman–Crippen MR) is 131 cm³/mol. The van der Waals surface area contributed by atoms with Crippen LogP contribution in [0.4, 0.5) is 5.69 Å². The van der Waals surface area contributed by atoms with Crippen molar-refractivity contribution < 1.29 is 19.1 Å². The van der Waals surface area contributed by atoms with Gasteiger partial charge in [-0.25, -0.2) is 9.69 Å². The van der Waals surface area contributed by atoms with Gasteiger partial charge < -0.3 is 4.74 Å². The number of hydrogen-bond acceptors (Lipinski definition) is 4. The zero-order valence-electron chi connectivity index (χ0n) is 18.7. The summed E-state index contributed by atoms with van der Waals surface area (Å²) >= 11 is 4.00. The second-order valence-electron chi connectivity index (χ2n) is 9.38. The van der Waals surface area contributed by atoms with Crippen LogP contribution < -0.4 is 4.90 Å². The fraction of sp³-hybridized carbons (Fsp3) is 0.250. The zero-order valence-corrected chi connectivity index (χ0v) is 20.3. The lowest BCUT2D eigenvalue weighted by Gasteiger charge is -2.51. The molecule has 0 saturated carbocycles. The molecule has 7 rings (SSSR count). The molecule has 1 aliphatic heterocycles. The summed E-state index contributed by atoms with van der Waals surface area (Å²) in [6, 6.07) is 22.7. The number of rotatable bonds is 3. The van der Waals surface area contributed by atoms with Crippen LogP contribution >= 0.6 is 15.9 Å². The van der Waals surface area contributed by atoms with Gasteiger partial charge in [-0.1, -0.05) is 70.5 Å². The van der Waals surface area contributed by atoms with E-state index < -0.39 is 22.1 Å². The number of esters is 1. The molecule has 6 heteroatoms. The first-order valence-corrected chi connectivity index (χ1v) is 12.2. The second kappa shape index (κ2) is 7.37. The van der Waals surface area contributed by atoms with E-state index in [9.17, 15) is 14.4 Å². The van der Waals surface area contributed by atoms with Gasteiger partial charge in [-0.05, 0) is 54.3 Å². The number of hydrogen-bond donors (Lipinski definition) is 0. The van der Waals surface area contributed by atoms with E-state index in [0.717, 1.165) is 22.3 Å². The van der Waals surface area contributed by atoms with Gasteiger partial charge in [0.05, 0.1) is 33.5 Å². The minimum atomic E-state index is -0.796. The van der Waals surface area contributed by atoms with Gasteiger partial charge in [0.2, 0.25) is 11.8 Å². The second-order valence-corrected chi connectivity index (χ2v) is 10.6. The molecule has 170 valence electrons. The number of nitrogens with zero attached hydrogens (tertiary/aromatic N) is 1.